The maximum absolute atomic E-state index is 11.0. The van der Waals surface area contributed by atoms with Gasteiger partial charge in [-0.2, -0.15) is 0 Å². The van der Waals surface area contributed by atoms with Crippen LogP contribution in [-0.4, -0.2) is 42.2 Å². The summed E-state index contributed by atoms with van der Waals surface area (Å²) in [5.74, 6) is 0.102. The molecule has 2 aromatic rings. The predicted octanol–water partition coefficient (Wildman–Crippen LogP) is 5.90. The van der Waals surface area contributed by atoms with Gasteiger partial charge in [0.2, 0.25) is 0 Å². The molecular formula is C27H31Cl2NO3. The summed E-state index contributed by atoms with van der Waals surface area (Å²) < 4.78 is 6.28. The molecule has 0 bridgehead atoms. The standard InChI is InChI=1S/C27H30ClNO3.ClH/c1-18-21(14-29-15-22(16-29)26(30)31)5-4-20-12-24(8-9-25(18)20)32-17-27(10-11-27)13-19-2-6-23(28)7-3-19;/h2-3,6-9,12,22H,4-5,10-11,13-17H2,1H3,(H,30,31);1H. The highest BCUT2D eigenvalue weighted by atomic mass is 35.5. The molecule has 5 rings (SSSR count). The smallest absolute Gasteiger partial charge is 0.309 e. The summed E-state index contributed by atoms with van der Waals surface area (Å²) in [5, 5.41) is 9.87. The molecule has 0 unspecified atom stereocenters. The van der Waals surface area contributed by atoms with Crippen molar-refractivity contribution in [1.29, 1.82) is 0 Å². The van der Waals surface area contributed by atoms with E-state index >= 15 is 0 Å². The number of carboxylic acid groups (broad SMARTS) is 1. The molecule has 0 radical (unpaired) electrons. The van der Waals surface area contributed by atoms with Gasteiger partial charge in [-0.25, -0.2) is 0 Å². The van der Waals surface area contributed by atoms with Gasteiger partial charge in [-0.1, -0.05) is 35.4 Å². The molecule has 1 heterocycles. The number of fused-ring (bicyclic) bond motifs is 1. The van der Waals surface area contributed by atoms with Gasteiger partial charge in [-0.3, -0.25) is 9.69 Å². The van der Waals surface area contributed by atoms with E-state index in [2.05, 4.69) is 42.2 Å². The van der Waals surface area contributed by atoms with E-state index in [4.69, 9.17) is 21.4 Å². The lowest BCUT2D eigenvalue weighted by atomic mass is 9.85. The number of hydrogen-bond donors (Lipinski definition) is 1. The zero-order chi connectivity index (χ0) is 22.3. The first-order valence-corrected chi connectivity index (χ1v) is 11.9. The van der Waals surface area contributed by atoms with Gasteiger partial charge >= 0.3 is 5.97 Å². The van der Waals surface area contributed by atoms with Gasteiger partial charge in [0, 0.05) is 30.1 Å². The number of benzene rings is 2. The van der Waals surface area contributed by atoms with Crippen molar-refractivity contribution >= 4 is 35.6 Å². The molecule has 0 amide bonds. The molecule has 0 atom stereocenters. The van der Waals surface area contributed by atoms with E-state index in [1.54, 1.807) is 0 Å². The average molecular weight is 488 g/mol. The van der Waals surface area contributed by atoms with E-state index in [0.29, 0.717) is 13.1 Å². The van der Waals surface area contributed by atoms with E-state index in [1.165, 1.54) is 40.7 Å². The Morgan fingerprint density at radius 2 is 1.88 bits per heavy atom. The number of halogens is 2. The van der Waals surface area contributed by atoms with Crippen LogP contribution in [0.4, 0.5) is 0 Å². The third-order valence-corrected chi connectivity index (χ3v) is 7.67. The van der Waals surface area contributed by atoms with Crippen LogP contribution in [0.3, 0.4) is 0 Å². The second kappa shape index (κ2) is 9.69. The first-order valence-electron chi connectivity index (χ1n) is 11.6. The van der Waals surface area contributed by atoms with E-state index in [1.807, 2.05) is 12.1 Å². The summed E-state index contributed by atoms with van der Waals surface area (Å²) in [6, 6.07) is 14.7. The lowest BCUT2D eigenvalue weighted by molar-refractivity contribution is -0.147. The topological polar surface area (TPSA) is 49.8 Å². The fourth-order valence-corrected chi connectivity index (χ4v) is 5.17. The van der Waals surface area contributed by atoms with Crippen LogP contribution in [0.15, 0.2) is 48.0 Å². The molecular weight excluding hydrogens is 457 g/mol. The molecule has 2 fully saturated rings. The molecule has 2 aliphatic carbocycles. The highest BCUT2D eigenvalue weighted by Crippen LogP contribution is 2.49. The molecule has 1 saturated heterocycles. The number of allylic oxidation sites excluding steroid dienone is 1. The molecule has 0 spiro atoms. The predicted molar refractivity (Wildman–Crippen MR) is 134 cm³/mol. The average Bonchev–Trinajstić information content (AvgIpc) is 3.51. The summed E-state index contributed by atoms with van der Waals surface area (Å²) in [6.45, 7) is 5.19. The molecule has 0 aromatic heterocycles. The van der Waals surface area contributed by atoms with Crippen LogP contribution in [0.25, 0.3) is 5.57 Å². The van der Waals surface area contributed by atoms with E-state index in [0.717, 1.165) is 43.2 Å². The van der Waals surface area contributed by atoms with Crippen LogP contribution < -0.4 is 4.74 Å². The second-order valence-corrected chi connectivity index (χ2v) is 10.3. The fraction of sp³-hybridized carbons (Fsp3) is 0.444. The van der Waals surface area contributed by atoms with Crippen molar-refractivity contribution in [2.24, 2.45) is 11.3 Å². The van der Waals surface area contributed by atoms with Crippen LogP contribution >= 0.6 is 24.0 Å². The number of likely N-dealkylation sites (tertiary alicyclic amines) is 1. The van der Waals surface area contributed by atoms with Gasteiger partial charge < -0.3 is 9.84 Å². The first-order chi connectivity index (χ1) is 15.4. The minimum atomic E-state index is -0.672. The highest BCUT2D eigenvalue weighted by Gasteiger charge is 2.43. The van der Waals surface area contributed by atoms with E-state index in [9.17, 15) is 4.79 Å². The molecule has 4 nitrogen and oxygen atoms in total. The van der Waals surface area contributed by atoms with Gasteiger partial charge in [0.15, 0.2) is 0 Å². The van der Waals surface area contributed by atoms with Crippen molar-refractivity contribution in [2.75, 3.05) is 26.2 Å². The number of ether oxygens (including phenoxy) is 1. The molecule has 2 aromatic carbocycles. The number of hydrogen-bond acceptors (Lipinski definition) is 3. The highest BCUT2D eigenvalue weighted by molar-refractivity contribution is 6.30. The Labute approximate surface area is 207 Å². The third kappa shape index (κ3) is 5.40. The van der Waals surface area contributed by atoms with Gasteiger partial charge in [-0.15, -0.1) is 12.4 Å². The Balaban J connectivity index is 0.00000259. The quantitative estimate of drug-likeness (QED) is 0.503. The van der Waals surface area contributed by atoms with Crippen molar-refractivity contribution in [3.8, 4) is 5.75 Å². The number of rotatable bonds is 8. The summed E-state index contributed by atoms with van der Waals surface area (Å²) in [7, 11) is 0. The van der Waals surface area contributed by atoms with Crippen molar-refractivity contribution in [3.63, 3.8) is 0 Å². The van der Waals surface area contributed by atoms with E-state index < -0.39 is 5.97 Å². The zero-order valence-corrected chi connectivity index (χ0v) is 20.6. The minimum Gasteiger partial charge on any atom is -0.493 e. The summed E-state index contributed by atoms with van der Waals surface area (Å²) in [5.41, 5.74) is 7.05. The maximum Gasteiger partial charge on any atom is 0.309 e. The lowest BCUT2D eigenvalue weighted by Crippen LogP contribution is -2.50. The largest absolute Gasteiger partial charge is 0.493 e. The minimum absolute atomic E-state index is 0. The van der Waals surface area contributed by atoms with Crippen LogP contribution in [0.2, 0.25) is 5.02 Å². The third-order valence-electron chi connectivity index (χ3n) is 7.42. The molecule has 3 aliphatic rings. The molecule has 33 heavy (non-hydrogen) atoms. The zero-order valence-electron chi connectivity index (χ0n) is 19.0. The summed E-state index contributed by atoms with van der Waals surface area (Å²) in [4.78, 5) is 13.3. The molecule has 176 valence electrons. The number of carbonyl (C=O) groups is 1. The van der Waals surface area contributed by atoms with Crippen LogP contribution in [0, 0.1) is 11.3 Å². The number of aryl methyl sites for hydroxylation is 1. The van der Waals surface area contributed by atoms with E-state index in [-0.39, 0.29) is 23.7 Å². The molecule has 1 saturated carbocycles. The van der Waals surface area contributed by atoms with Gasteiger partial charge in [-0.05, 0) is 85.6 Å². The van der Waals surface area contributed by atoms with Crippen molar-refractivity contribution in [1.82, 2.24) is 4.90 Å². The van der Waals surface area contributed by atoms with Gasteiger partial charge in [0.25, 0.3) is 0 Å². The number of nitrogens with zero attached hydrogens (tertiary/aromatic N) is 1. The monoisotopic (exact) mass is 487 g/mol. The molecule has 6 heteroatoms. The van der Waals surface area contributed by atoms with Crippen molar-refractivity contribution in [2.45, 2.75) is 39.0 Å². The van der Waals surface area contributed by atoms with Crippen molar-refractivity contribution < 1.29 is 14.6 Å². The normalized spacial score (nSPS) is 19.3. The lowest BCUT2D eigenvalue weighted by Gasteiger charge is -2.38. The summed E-state index contributed by atoms with van der Waals surface area (Å²) >= 11 is 6.02. The Kier molecular flexibility index (Phi) is 7.09. The van der Waals surface area contributed by atoms with Crippen molar-refractivity contribution in [3.05, 3.63) is 69.8 Å². The van der Waals surface area contributed by atoms with Gasteiger partial charge in [0.1, 0.15) is 5.75 Å². The number of carboxylic acids is 1. The Morgan fingerprint density at radius 1 is 1.15 bits per heavy atom. The first kappa shape index (κ1) is 24.1. The fourth-order valence-electron chi connectivity index (χ4n) is 5.04. The van der Waals surface area contributed by atoms with Crippen LogP contribution in [0.5, 0.6) is 5.75 Å². The maximum atomic E-state index is 11.0. The van der Waals surface area contributed by atoms with Gasteiger partial charge in [0.05, 0.1) is 12.5 Å². The Morgan fingerprint density at radius 3 is 2.55 bits per heavy atom. The molecule has 1 aliphatic heterocycles. The Bertz CT molecular complexity index is 1050. The second-order valence-electron chi connectivity index (χ2n) is 9.87. The van der Waals surface area contributed by atoms with Crippen LogP contribution in [-0.2, 0) is 17.6 Å². The number of aliphatic carboxylic acids is 1. The SMILES string of the molecule is CC1=C(CN2CC(C(=O)O)C2)CCc2cc(OCC3(Cc4ccc(Cl)cc4)CC3)ccc21.Cl. The summed E-state index contributed by atoms with van der Waals surface area (Å²) in [6.07, 6.45) is 5.53. The van der Waals surface area contributed by atoms with Crippen LogP contribution in [0.1, 0.15) is 42.9 Å². The Hall–Kier alpha value is -2.01. The molecule has 1 N–H and O–H groups in total.